The Labute approximate surface area is 133 Å². The lowest BCUT2D eigenvalue weighted by Crippen LogP contribution is -2.22. The normalized spacial score (nSPS) is 10.0. The summed E-state index contributed by atoms with van der Waals surface area (Å²) in [7, 11) is 1.59. The summed E-state index contributed by atoms with van der Waals surface area (Å²) in [6.07, 6.45) is 0.316. The summed E-state index contributed by atoms with van der Waals surface area (Å²) in [5.41, 5.74) is 2.07. The van der Waals surface area contributed by atoms with Crippen molar-refractivity contribution in [1.82, 2.24) is 5.32 Å². The smallest absolute Gasteiger partial charge is 0.243 e. The summed E-state index contributed by atoms with van der Waals surface area (Å²) < 4.78 is 13.0. The minimum atomic E-state index is -0.400. The van der Waals surface area contributed by atoms with Gasteiger partial charge in [-0.2, -0.15) is 0 Å². The minimum Gasteiger partial charge on any atom is -0.376 e. The Kier molecular flexibility index (Phi) is 5.68. The molecule has 2 amide bonds. The van der Waals surface area contributed by atoms with Gasteiger partial charge in [-0.3, -0.25) is 9.59 Å². The third kappa shape index (κ3) is 5.43. The molecule has 0 aliphatic rings. The summed E-state index contributed by atoms with van der Waals surface area (Å²) in [5.74, 6) is -0.729. The number of rotatable bonds is 6. The summed E-state index contributed by atoms with van der Waals surface area (Å²) in [6, 6.07) is 13.0. The van der Waals surface area contributed by atoms with E-state index in [9.17, 15) is 14.0 Å². The average Bonchev–Trinajstić information content (AvgIpc) is 2.54. The molecule has 0 bridgehead atoms. The number of amides is 2. The number of nitrogens with one attached hydrogen (secondary N) is 3. The molecule has 0 saturated heterocycles. The molecular weight excluding hydrogens is 297 g/mol. The molecule has 0 fully saturated rings. The van der Waals surface area contributed by atoms with Crippen LogP contribution in [0.3, 0.4) is 0 Å². The first-order valence-electron chi connectivity index (χ1n) is 7.15. The Morgan fingerprint density at radius 1 is 1.00 bits per heavy atom. The van der Waals surface area contributed by atoms with Gasteiger partial charge in [-0.1, -0.05) is 18.2 Å². The second kappa shape index (κ2) is 7.93. The maximum atomic E-state index is 13.0. The molecule has 0 heterocycles. The van der Waals surface area contributed by atoms with E-state index in [1.165, 1.54) is 18.2 Å². The highest BCUT2D eigenvalue weighted by Crippen LogP contribution is 2.11. The van der Waals surface area contributed by atoms with Crippen LogP contribution in [0.15, 0.2) is 48.5 Å². The second-order valence-electron chi connectivity index (χ2n) is 4.96. The highest BCUT2D eigenvalue weighted by Gasteiger charge is 2.04. The van der Waals surface area contributed by atoms with Gasteiger partial charge in [0.2, 0.25) is 11.8 Å². The van der Waals surface area contributed by atoms with Gasteiger partial charge in [-0.25, -0.2) is 4.39 Å². The number of benzene rings is 2. The van der Waals surface area contributed by atoms with E-state index in [4.69, 9.17) is 0 Å². The molecule has 2 aromatic rings. The Morgan fingerprint density at radius 3 is 2.39 bits per heavy atom. The van der Waals surface area contributed by atoms with Crippen molar-refractivity contribution < 1.29 is 14.0 Å². The van der Waals surface area contributed by atoms with Crippen molar-refractivity contribution >= 4 is 23.2 Å². The first-order chi connectivity index (χ1) is 11.1. The van der Waals surface area contributed by atoms with Crippen LogP contribution in [0, 0.1) is 5.82 Å². The maximum absolute atomic E-state index is 13.0. The van der Waals surface area contributed by atoms with Crippen molar-refractivity contribution in [2.45, 2.75) is 6.42 Å². The number of hydrogen-bond donors (Lipinski definition) is 3. The van der Waals surface area contributed by atoms with Crippen LogP contribution in [-0.4, -0.2) is 25.4 Å². The van der Waals surface area contributed by atoms with E-state index >= 15 is 0 Å². The average molecular weight is 315 g/mol. The topological polar surface area (TPSA) is 70.2 Å². The number of halogens is 1. The number of carbonyl (C=O) groups excluding carboxylic acids is 2. The molecular formula is C17H18FN3O2. The van der Waals surface area contributed by atoms with Crippen LogP contribution in [0.25, 0.3) is 0 Å². The van der Waals surface area contributed by atoms with Crippen LogP contribution in [0.2, 0.25) is 0 Å². The molecule has 5 nitrogen and oxygen atoms in total. The monoisotopic (exact) mass is 315 g/mol. The minimum absolute atomic E-state index is 0.0554. The predicted octanol–water partition coefficient (Wildman–Crippen LogP) is 2.16. The highest BCUT2D eigenvalue weighted by molar-refractivity contribution is 5.93. The second-order valence-corrected chi connectivity index (χ2v) is 4.96. The fraction of sp³-hybridized carbons (Fsp3) is 0.176. The molecule has 0 saturated carbocycles. The Hall–Kier alpha value is -2.89. The van der Waals surface area contributed by atoms with Crippen LogP contribution in [0.4, 0.5) is 15.8 Å². The molecule has 0 atom stereocenters. The van der Waals surface area contributed by atoms with E-state index in [0.29, 0.717) is 12.1 Å². The van der Waals surface area contributed by atoms with Crippen LogP contribution in [-0.2, 0) is 16.0 Å². The molecule has 3 N–H and O–H groups in total. The molecule has 2 rings (SSSR count). The van der Waals surface area contributed by atoms with Gasteiger partial charge in [-0.15, -0.1) is 0 Å². The standard InChI is InChI=1S/C17H18FN3O2/c1-19-16(22)9-12-5-7-14(8-6-12)20-11-17(23)21-15-4-2-3-13(18)10-15/h2-8,10,20H,9,11H2,1H3,(H,19,22)(H,21,23). The molecule has 120 valence electrons. The van der Waals surface area contributed by atoms with Crippen molar-refractivity contribution in [3.8, 4) is 0 Å². The van der Waals surface area contributed by atoms with E-state index in [1.807, 2.05) is 12.1 Å². The van der Waals surface area contributed by atoms with Crippen LogP contribution >= 0.6 is 0 Å². The lowest BCUT2D eigenvalue weighted by molar-refractivity contribution is -0.120. The number of anilines is 2. The Balaban J connectivity index is 1.83. The van der Waals surface area contributed by atoms with Gasteiger partial charge in [-0.05, 0) is 35.9 Å². The largest absolute Gasteiger partial charge is 0.376 e. The van der Waals surface area contributed by atoms with E-state index in [2.05, 4.69) is 16.0 Å². The predicted molar refractivity (Wildman–Crippen MR) is 87.7 cm³/mol. The van der Waals surface area contributed by atoms with Gasteiger partial charge in [0.15, 0.2) is 0 Å². The van der Waals surface area contributed by atoms with Crippen LogP contribution < -0.4 is 16.0 Å². The molecule has 0 unspecified atom stereocenters. The van der Waals surface area contributed by atoms with Gasteiger partial charge in [0.25, 0.3) is 0 Å². The lowest BCUT2D eigenvalue weighted by atomic mass is 10.1. The Morgan fingerprint density at radius 2 is 1.74 bits per heavy atom. The molecule has 0 aliphatic heterocycles. The third-order valence-corrected chi connectivity index (χ3v) is 3.16. The SMILES string of the molecule is CNC(=O)Cc1ccc(NCC(=O)Nc2cccc(F)c2)cc1. The Bertz CT molecular complexity index is 686. The fourth-order valence-electron chi connectivity index (χ4n) is 1.97. The number of likely N-dealkylation sites (N-methyl/N-ethyl adjacent to an activating group) is 1. The summed E-state index contributed by atoms with van der Waals surface area (Å²) >= 11 is 0. The fourth-order valence-corrected chi connectivity index (χ4v) is 1.97. The van der Waals surface area contributed by atoms with Crippen molar-refractivity contribution in [2.24, 2.45) is 0 Å². The molecule has 0 spiro atoms. The van der Waals surface area contributed by atoms with Crippen LogP contribution in [0.1, 0.15) is 5.56 Å². The van der Waals surface area contributed by atoms with Gasteiger partial charge in [0, 0.05) is 18.4 Å². The van der Waals surface area contributed by atoms with E-state index in [0.717, 1.165) is 11.3 Å². The van der Waals surface area contributed by atoms with Crippen molar-refractivity contribution in [2.75, 3.05) is 24.2 Å². The molecule has 0 aromatic heterocycles. The van der Waals surface area contributed by atoms with E-state index < -0.39 is 5.82 Å². The first kappa shape index (κ1) is 16.5. The zero-order valence-electron chi connectivity index (χ0n) is 12.7. The molecule has 6 heteroatoms. The van der Waals surface area contributed by atoms with Crippen LogP contribution in [0.5, 0.6) is 0 Å². The van der Waals surface area contributed by atoms with Crippen molar-refractivity contribution in [3.63, 3.8) is 0 Å². The van der Waals surface area contributed by atoms with Crippen molar-refractivity contribution in [3.05, 3.63) is 59.9 Å². The molecule has 0 radical (unpaired) electrons. The lowest BCUT2D eigenvalue weighted by Gasteiger charge is -2.08. The highest BCUT2D eigenvalue weighted by atomic mass is 19.1. The zero-order chi connectivity index (χ0) is 16.7. The van der Waals surface area contributed by atoms with Gasteiger partial charge < -0.3 is 16.0 Å². The summed E-state index contributed by atoms with van der Waals surface area (Å²) in [6.45, 7) is 0.0608. The van der Waals surface area contributed by atoms with Gasteiger partial charge >= 0.3 is 0 Å². The zero-order valence-corrected chi connectivity index (χ0v) is 12.7. The quantitative estimate of drug-likeness (QED) is 0.765. The third-order valence-electron chi connectivity index (χ3n) is 3.16. The number of hydrogen-bond acceptors (Lipinski definition) is 3. The van der Waals surface area contributed by atoms with Gasteiger partial charge in [0.1, 0.15) is 5.82 Å². The summed E-state index contributed by atoms with van der Waals surface area (Å²) in [4.78, 5) is 23.1. The van der Waals surface area contributed by atoms with Gasteiger partial charge in [0.05, 0.1) is 13.0 Å². The van der Waals surface area contributed by atoms with Crippen molar-refractivity contribution in [1.29, 1.82) is 0 Å². The molecule has 0 aliphatic carbocycles. The number of carbonyl (C=O) groups is 2. The molecule has 2 aromatic carbocycles. The van der Waals surface area contributed by atoms with E-state index in [1.54, 1.807) is 25.2 Å². The summed E-state index contributed by atoms with van der Waals surface area (Å²) in [5, 5.41) is 8.13. The maximum Gasteiger partial charge on any atom is 0.243 e. The first-order valence-corrected chi connectivity index (χ1v) is 7.15. The van der Waals surface area contributed by atoms with E-state index in [-0.39, 0.29) is 18.4 Å². The molecule has 23 heavy (non-hydrogen) atoms.